The summed E-state index contributed by atoms with van der Waals surface area (Å²) in [6.45, 7) is 3.03. The smallest absolute Gasteiger partial charge is 0.263 e. The van der Waals surface area contributed by atoms with Crippen LogP contribution in [0.5, 0.6) is 0 Å². The molecule has 6 heteroatoms. The largest absolute Gasteiger partial charge is 0.348 e. The molecule has 1 aliphatic carbocycles. The Kier molecular flexibility index (Phi) is 7.79. The Balaban J connectivity index is 1.89. The van der Waals surface area contributed by atoms with Gasteiger partial charge in [-0.3, -0.25) is 9.59 Å². The topological polar surface area (TPSA) is 51.1 Å². The van der Waals surface area contributed by atoms with E-state index in [0.29, 0.717) is 16.6 Å². The number of aryl methyl sites for hydroxylation is 1. The van der Waals surface area contributed by atoms with Gasteiger partial charge in [-0.2, -0.15) is 0 Å². The van der Waals surface area contributed by atoms with Gasteiger partial charge >= 0.3 is 0 Å². The quantitative estimate of drug-likeness (QED) is 0.647. The molecule has 0 bridgehead atoms. The van der Waals surface area contributed by atoms with E-state index in [1.165, 1.54) is 12.8 Å². The van der Waals surface area contributed by atoms with Crippen molar-refractivity contribution in [3.63, 3.8) is 0 Å². The van der Waals surface area contributed by atoms with E-state index < -0.39 is 0 Å². The number of hydrogen-bond acceptors (Lipinski definition) is 2. The summed E-state index contributed by atoms with van der Waals surface area (Å²) in [7, 11) is 0. The summed E-state index contributed by atoms with van der Waals surface area (Å²) >= 11 is 12.1. The zero-order valence-corrected chi connectivity index (χ0v) is 18.4. The number of aromatic nitrogens is 1. The molecule has 1 aromatic heterocycles. The zero-order valence-electron chi connectivity index (χ0n) is 16.9. The van der Waals surface area contributed by atoms with Gasteiger partial charge in [0.15, 0.2) is 0 Å². The molecule has 156 valence electrons. The van der Waals surface area contributed by atoms with Crippen LogP contribution in [-0.4, -0.2) is 10.5 Å². The van der Waals surface area contributed by atoms with E-state index in [0.717, 1.165) is 55.3 Å². The van der Waals surface area contributed by atoms with Crippen molar-refractivity contribution in [1.82, 2.24) is 9.88 Å². The number of pyridine rings is 1. The maximum absolute atomic E-state index is 13.2. The standard InChI is InChI=1S/C23H28Cl2N2O2/c1-2-3-12-27-21-9-7-5-4-6-8-16(21)13-19(23(27)29)22(28)26-15-17-10-11-18(24)14-20(17)25/h10-11,13-14H,2-9,12,15H2,1H3,(H,26,28). The number of carbonyl (C=O) groups is 1. The average molecular weight is 435 g/mol. The van der Waals surface area contributed by atoms with Crippen molar-refractivity contribution in [2.24, 2.45) is 0 Å². The fourth-order valence-electron chi connectivity index (χ4n) is 3.89. The van der Waals surface area contributed by atoms with Crippen molar-refractivity contribution in [3.05, 3.63) is 67.0 Å². The Morgan fingerprint density at radius 3 is 2.59 bits per heavy atom. The highest BCUT2D eigenvalue weighted by Crippen LogP contribution is 2.22. The molecule has 0 spiro atoms. The number of hydrogen-bond donors (Lipinski definition) is 1. The van der Waals surface area contributed by atoms with Crippen molar-refractivity contribution in [2.45, 2.75) is 71.4 Å². The highest BCUT2D eigenvalue weighted by molar-refractivity contribution is 6.35. The minimum atomic E-state index is -0.351. The molecule has 3 rings (SSSR count). The molecule has 0 saturated carbocycles. The molecule has 0 saturated heterocycles. The van der Waals surface area contributed by atoms with E-state index in [1.54, 1.807) is 18.2 Å². The fourth-order valence-corrected chi connectivity index (χ4v) is 4.36. The first kappa shape index (κ1) is 21.9. The molecule has 1 heterocycles. The van der Waals surface area contributed by atoms with E-state index in [-0.39, 0.29) is 23.6 Å². The highest BCUT2D eigenvalue weighted by atomic mass is 35.5. The molecular weight excluding hydrogens is 407 g/mol. The lowest BCUT2D eigenvalue weighted by Gasteiger charge is -2.21. The Labute approximate surface area is 182 Å². The number of benzene rings is 1. The number of unbranched alkanes of at least 4 members (excludes halogenated alkanes) is 1. The Morgan fingerprint density at radius 1 is 1.10 bits per heavy atom. The molecular formula is C23H28Cl2N2O2. The van der Waals surface area contributed by atoms with Crippen LogP contribution in [0.4, 0.5) is 0 Å². The van der Waals surface area contributed by atoms with Crippen molar-refractivity contribution in [1.29, 1.82) is 0 Å². The van der Waals surface area contributed by atoms with Crippen molar-refractivity contribution < 1.29 is 4.79 Å². The summed E-state index contributed by atoms with van der Waals surface area (Å²) in [5.41, 5.74) is 3.08. The van der Waals surface area contributed by atoms with Gasteiger partial charge in [0.25, 0.3) is 11.5 Å². The number of nitrogens with one attached hydrogen (secondary N) is 1. The number of carbonyl (C=O) groups excluding carboxylic acids is 1. The second-order valence-electron chi connectivity index (χ2n) is 7.67. The minimum Gasteiger partial charge on any atom is -0.348 e. The van der Waals surface area contributed by atoms with Crippen LogP contribution in [0, 0.1) is 0 Å². The molecule has 1 N–H and O–H groups in total. The summed E-state index contributed by atoms with van der Waals surface area (Å²) < 4.78 is 1.86. The number of halogens is 2. The van der Waals surface area contributed by atoms with Gasteiger partial charge in [0.05, 0.1) is 0 Å². The lowest BCUT2D eigenvalue weighted by molar-refractivity contribution is 0.0948. The second kappa shape index (κ2) is 10.3. The van der Waals surface area contributed by atoms with Gasteiger partial charge in [-0.1, -0.05) is 55.5 Å². The van der Waals surface area contributed by atoms with E-state index in [4.69, 9.17) is 23.2 Å². The summed E-state index contributed by atoms with van der Waals surface area (Å²) in [5, 5.41) is 3.90. The predicted octanol–water partition coefficient (Wildman–Crippen LogP) is 5.54. The molecule has 0 unspecified atom stereocenters. The van der Waals surface area contributed by atoms with E-state index in [1.807, 2.05) is 10.6 Å². The van der Waals surface area contributed by atoms with Crippen LogP contribution in [0.25, 0.3) is 0 Å². The molecule has 0 radical (unpaired) electrons. The number of nitrogens with zero attached hydrogens (tertiary/aromatic N) is 1. The Morgan fingerprint density at radius 2 is 1.86 bits per heavy atom. The molecule has 1 amide bonds. The van der Waals surface area contributed by atoms with Crippen LogP contribution in [0.1, 0.15) is 72.6 Å². The molecule has 0 aliphatic heterocycles. The van der Waals surface area contributed by atoms with E-state index >= 15 is 0 Å². The van der Waals surface area contributed by atoms with Crippen LogP contribution >= 0.6 is 23.2 Å². The van der Waals surface area contributed by atoms with Crippen LogP contribution < -0.4 is 10.9 Å². The molecule has 0 atom stereocenters. The number of rotatable bonds is 6. The molecule has 1 aromatic carbocycles. The average Bonchev–Trinajstić information content (AvgIpc) is 2.67. The molecule has 1 aliphatic rings. The van der Waals surface area contributed by atoms with Gasteiger partial charge < -0.3 is 9.88 Å². The van der Waals surface area contributed by atoms with Gasteiger partial charge in [-0.15, -0.1) is 0 Å². The number of fused-ring (bicyclic) bond motifs is 1. The number of amides is 1. The SMILES string of the molecule is CCCCn1c2c(cc(C(=O)NCc3ccc(Cl)cc3Cl)c1=O)CCCCCC2. The monoisotopic (exact) mass is 434 g/mol. The van der Waals surface area contributed by atoms with Crippen molar-refractivity contribution >= 4 is 29.1 Å². The predicted molar refractivity (Wildman–Crippen MR) is 119 cm³/mol. The third-order valence-electron chi connectivity index (χ3n) is 5.53. The van der Waals surface area contributed by atoms with Crippen LogP contribution in [0.3, 0.4) is 0 Å². The van der Waals surface area contributed by atoms with Crippen LogP contribution in [0.2, 0.25) is 10.0 Å². The summed E-state index contributed by atoms with van der Waals surface area (Å²) in [4.78, 5) is 26.1. The summed E-state index contributed by atoms with van der Waals surface area (Å²) in [6, 6.07) is 6.99. The van der Waals surface area contributed by atoms with Crippen LogP contribution in [-0.2, 0) is 25.9 Å². The third kappa shape index (κ3) is 5.43. The second-order valence-corrected chi connectivity index (χ2v) is 8.52. The molecule has 29 heavy (non-hydrogen) atoms. The van der Waals surface area contributed by atoms with E-state index in [2.05, 4.69) is 12.2 Å². The molecule has 2 aromatic rings. The first-order valence-corrected chi connectivity index (χ1v) is 11.2. The molecule has 4 nitrogen and oxygen atoms in total. The fraction of sp³-hybridized carbons (Fsp3) is 0.478. The first-order valence-electron chi connectivity index (χ1n) is 10.5. The normalized spacial score (nSPS) is 14.0. The van der Waals surface area contributed by atoms with Crippen molar-refractivity contribution in [3.8, 4) is 0 Å². The zero-order chi connectivity index (χ0) is 20.8. The maximum atomic E-state index is 13.2. The Hall–Kier alpha value is -1.78. The van der Waals surface area contributed by atoms with Gasteiger partial charge in [0, 0.05) is 28.8 Å². The third-order valence-corrected chi connectivity index (χ3v) is 6.12. The lowest BCUT2D eigenvalue weighted by atomic mass is 9.95. The summed E-state index contributed by atoms with van der Waals surface area (Å²) in [5.74, 6) is -0.351. The van der Waals surface area contributed by atoms with Gasteiger partial charge in [-0.25, -0.2) is 0 Å². The highest BCUT2D eigenvalue weighted by Gasteiger charge is 2.20. The van der Waals surface area contributed by atoms with Crippen molar-refractivity contribution in [2.75, 3.05) is 0 Å². The molecule has 0 fully saturated rings. The lowest BCUT2D eigenvalue weighted by Crippen LogP contribution is -2.35. The first-order chi connectivity index (χ1) is 14.0. The maximum Gasteiger partial charge on any atom is 0.263 e. The Bertz CT molecular complexity index is 937. The van der Waals surface area contributed by atoms with Gasteiger partial charge in [0.1, 0.15) is 5.56 Å². The van der Waals surface area contributed by atoms with E-state index in [9.17, 15) is 9.59 Å². The van der Waals surface area contributed by atoms with Crippen LogP contribution in [0.15, 0.2) is 29.1 Å². The van der Waals surface area contributed by atoms with Gasteiger partial charge in [-0.05, 0) is 61.4 Å². The minimum absolute atomic E-state index is 0.183. The van der Waals surface area contributed by atoms with Gasteiger partial charge in [0.2, 0.25) is 0 Å². The summed E-state index contributed by atoms with van der Waals surface area (Å²) in [6.07, 6.45) is 8.36.